The van der Waals surface area contributed by atoms with Crippen molar-refractivity contribution in [1.29, 1.82) is 0 Å². The molecule has 360 valence electrons. The van der Waals surface area contributed by atoms with Gasteiger partial charge in [-0.05, 0) is 115 Å². The molecule has 0 N–H and O–H groups in total. The van der Waals surface area contributed by atoms with Crippen LogP contribution in [0.4, 0.5) is 16.2 Å². The lowest BCUT2D eigenvalue weighted by atomic mass is 9.70. The maximum Gasteiger partial charge on any atom is 0.419 e. The molecule has 0 aliphatic heterocycles. The Kier molecular flexibility index (Phi) is 17.2. The number of nitrogens with zero attached hydrogens (tertiary/aromatic N) is 1. The van der Waals surface area contributed by atoms with Gasteiger partial charge in [-0.2, -0.15) is 0 Å². The molecule has 2 aliphatic rings. The van der Waals surface area contributed by atoms with Crippen LogP contribution in [-0.2, 0) is 15.6 Å². The van der Waals surface area contributed by atoms with Crippen LogP contribution in [0.25, 0.3) is 22.3 Å². The predicted octanol–water partition coefficient (Wildman–Crippen LogP) is 18.3. The van der Waals surface area contributed by atoms with Crippen LogP contribution in [-0.4, -0.2) is 27.8 Å². The first-order valence-electron chi connectivity index (χ1n) is 27.0. The van der Waals surface area contributed by atoms with E-state index in [4.69, 9.17) is 4.74 Å². The molecule has 0 bridgehead atoms. The maximum absolute atomic E-state index is 15.1. The number of hydrogen-bond acceptors (Lipinski definition) is 2. The smallest absolute Gasteiger partial charge is 0.419 e. The molecular formula is C61H91NO2Si2. The van der Waals surface area contributed by atoms with E-state index >= 15 is 4.79 Å². The van der Waals surface area contributed by atoms with Gasteiger partial charge in [0.15, 0.2) is 0 Å². The molecule has 2 aliphatic carbocycles. The minimum Gasteiger partial charge on any atom is -0.443 e. The molecule has 1 amide bonds. The third kappa shape index (κ3) is 11.4. The molecule has 6 rings (SSSR count). The van der Waals surface area contributed by atoms with Gasteiger partial charge in [0.05, 0.1) is 27.5 Å². The summed E-state index contributed by atoms with van der Waals surface area (Å²) in [4.78, 5) is 17.1. The Morgan fingerprint density at radius 2 is 0.758 bits per heavy atom. The van der Waals surface area contributed by atoms with Crippen LogP contribution in [0.15, 0.2) is 72.8 Å². The summed E-state index contributed by atoms with van der Waals surface area (Å²) in [6.45, 7) is 30.2. The Bertz CT molecular complexity index is 2080. The second-order valence-electron chi connectivity index (χ2n) is 23.7. The number of anilines is 2. The molecule has 0 radical (unpaired) electrons. The molecule has 0 atom stereocenters. The number of fused-ring (bicyclic) bond motifs is 6. The molecule has 0 heterocycles. The number of unbranched alkanes of at least 4 members (excludes halogenated alkanes) is 12. The quantitative estimate of drug-likeness (QED) is 0.0518. The number of carbonyl (C=O) groups is 1. The second kappa shape index (κ2) is 21.9. The lowest BCUT2D eigenvalue weighted by Gasteiger charge is -2.35. The van der Waals surface area contributed by atoms with Crippen LogP contribution >= 0.6 is 0 Å². The van der Waals surface area contributed by atoms with Crippen LogP contribution in [0, 0.1) is 0 Å². The van der Waals surface area contributed by atoms with Gasteiger partial charge in [0.25, 0.3) is 0 Å². The van der Waals surface area contributed by atoms with Gasteiger partial charge >= 0.3 is 6.09 Å². The summed E-state index contributed by atoms with van der Waals surface area (Å²) in [5.41, 5.74) is 12.4. The Labute approximate surface area is 406 Å². The van der Waals surface area contributed by atoms with Crippen LogP contribution in [0.2, 0.25) is 39.3 Å². The van der Waals surface area contributed by atoms with Crippen molar-refractivity contribution in [3.05, 3.63) is 95.1 Å². The minimum absolute atomic E-state index is 0.1000. The van der Waals surface area contributed by atoms with Crippen LogP contribution in [0.5, 0.6) is 0 Å². The molecule has 0 saturated carbocycles. The van der Waals surface area contributed by atoms with Gasteiger partial charge in [0.2, 0.25) is 0 Å². The maximum atomic E-state index is 15.1. The first-order chi connectivity index (χ1) is 31.3. The first kappa shape index (κ1) is 52.0. The molecule has 5 heteroatoms. The zero-order chi connectivity index (χ0) is 47.9. The molecule has 0 aromatic heterocycles. The van der Waals surface area contributed by atoms with Gasteiger partial charge in [0.1, 0.15) is 5.60 Å². The lowest BCUT2D eigenvalue weighted by molar-refractivity contribution is 0.0599. The Morgan fingerprint density at radius 3 is 1.05 bits per heavy atom. The van der Waals surface area contributed by atoms with Crippen molar-refractivity contribution in [2.75, 3.05) is 4.90 Å². The van der Waals surface area contributed by atoms with E-state index in [-0.39, 0.29) is 16.9 Å². The topological polar surface area (TPSA) is 29.5 Å². The first-order valence-corrected chi connectivity index (χ1v) is 34.0. The molecule has 4 aromatic rings. The number of rotatable bonds is 24. The van der Waals surface area contributed by atoms with E-state index in [9.17, 15) is 0 Å². The summed E-state index contributed by atoms with van der Waals surface area (Å²) in [5, 5.41) is 3.08. The summed E-state index contributed by atoms with van der Waals surface area (Å²) in [6, 6.07) is 29.1. The van der Waals surface area contributed by atoms with E-state index in [0.29, 0.717) is 0 Å². The van der Waals surface area contributed by atoms with E-state index in [1.165, 1.54) is 147 Å². The van der Waals surface area contributed by atoms with Crippen molar-refractivity contribution < 1.29 is 9.53 Å². The molecule has 0 fully saturated rings. The van der Waals surface area contributed by atoms with Crippen LogP contribution < -0.4 is 15.3 Å². The van der Waals surface area contributed by atoms with Crippen molar-refractivity contribution >= 4 is 44.0 Å². The summed E-state index contributed by atoms with van der Waals surface area (Å²) < 4.78 is 6.44. The van der Waals surface area contributed by atoms with Crippen LogP contribution in [0.1, 0.15) is 199 Å². The van der Waals surface area contributed by atoms with Crippen molar-refractivity contribution in [3.63, 3.8) is 0 Å². The number of ether oxygens (including phenoxy) is 1. The largest absolute Gasteiger partial charge is 0.443 e. The molecule has 0 spiro atoms. The number of benzene rings is 4. The van der Waals surface area contributed by atoms with E-state index in [2.05, 4.69) is 140 Å². The van der Waals surface area contributed by atoms with Crippen molar-refractivity contribution in [2.24, 2.45) is 0 Å². The van der Waals surface area contributed by atoms with E-state index in [1.807, 2.05) is 25.7 Å². The van der Waals surface area contributed by atoms with Gasteiger partial charge in [-0.25, -0.2) is 9.69 Å². The molecule has 0 unspecified atom stereocenters. The monoisotopic (exact) mass is 926 g/mol. The van der Waals surface area contributed by atoms with Gasteiger partial charge in [-0.1, -0.05) is 229 Å². The average molecular weight is 927 g/mol. The third-order valence-corrected chi connectivity index (χ3v) is 19.4. The molecule has 66 heavy (non-hydrogen) atoms. The van der Waals surface area contributed by atoms with Crippen molar-refractivity contribution in [3.8, 4) is 22.3 Å². The van der Waals surface area contributed by atoms with E-state index < -0.39 is 21.7 Å². The predicted molar refractivity (Wildman–Crippen MR) is 295 cm³/mol. The summed E-state index contributed by atoms with van der Waals surface area (Å²) in [7, 11) is -3.18. The zero-order valence-electron chi connectivity index (χ0n) is 44.3. The summed E-state index contributed by atoms with van der Waals surface area (Å²) >= 11 is 0. The molecule has 4 aromatic carbocycles. The van der Waals surface area contributed by atoms with Gasteiger partial charge in [-0.15, -0.1) is 0 Å². The van der Waals surface area contributed by atoms with E-state index in [0.717, 1.165) is 37.1 Å². The summed E-state index contributed by atoms with van der Waals surface area (Å²) in [5.74, 6) is 0. The fraction of sp³-hybridized carbons (Fsp3) is 0.590. The van der Waals surface area contributed by atoms with Gasteiger partial charge in [0, 0.05) is 10.8 Å². The summed E-state index contributed by atoms with van der Waals surface area (Å²) in [6.07, 6.45) is 24.1. The molecule has 3 nitrogen and oxygen atoms in total. The van der Waals surface area contributed by atoms with E-state index in [1.54, 1.807) is 10.4 Å². The SMILES string of the molecule is CCCCCCC1(CCCCCC)c2cc(N(C(=O)OC(C)(C)C)c3ccc4c(c3)C(CCCCCC)(CCCCCC)c3cc([Si](C)(C)C)ccc3-4)ccc2-c2ccc([Si](C)(C)C)cc21. The number of carbonyl (C=O) groups excluding carboxylic acids is 1. The highest BCUT2D eigenvalue weighted by Crippen LogP contribution is 2.57. The normalized spacial score (nSPS) is 14.7. The lowest BCUT2D eigenvalue weighted by Crippen LogP contribution is -2.38. The number of amides is 1. The molecular weight excluding hydrogens is 835 g/mol. The highest BCUT2D eigenvalue weighted by molar-refractivity contribution is 6.89. The third-order valence-electron chi connectivity index (χ3n) is 15.3. The van der Waals surface area contributed by atoms with Crippen LogP contribution in [0.3, 0.4) is 0 Å². The number of hydrogen-bond donors (Lipinski definition) is 0. The minimum atomic E-state index is -1.59. The molecule has 0 saturated heterocycles. The Balaban J connectivity index is 1.58. The zero-order valence-corrected chi connectivity index (χ0v) is 46.3. The highest BCUT2D eigenvalue weighted by Gasteiger charge is 2.46. The van der Waals surface area contributed by atoms with Crippen molar-refractivity contribution in [1.82, 2.24) is 0 Å². The second-order valence-corrected chi connectivity index (χ2v) is 33.9. The average Bonchev–Trinajstić information content (AvgIpc) is 3.68. The highest BCUT2D eigenvalue weighted by atomic mass is 28.3. The fourth-order valence-corrected chi connectivity index (χ4v) is 13.9. The Morgan fingerprint density at radius 1 is 0.455 bits per heavy atom. The van der Waals surface area contributed by atoms with Gasteiger partial charge in [-0.3, -0.25) is 0 Å². The fourth-order valence-electron chi connectivity index (χ4n) is 11.6. The standard InChI is InChI=1S/C61H91NO2Si2/c1-14-18-22-26-38-60(39-27-23-19-15-2)54-42-46(30-34-50(54)52-36-32-48(44-56(52)60)65(8,9)10)62(58(63)64-59(5,6)7)47-31-35-51-53-37-33-49(66(11,12)13)45-57(53)61(55(51)43-47,40-28-24-20-16-3)41-29-25-21-17-4/h30-37,42-45H,14-29,38-41H2,1-13H3. The Hall–Kier alpha value is -3.42. The van der Waals surface area contributed by atoms with Gasteiger partial charge < -0.3 is 4.74 Å². The van der Waals surface area contributed by atoms with Crippen molar-refractivity contribution in [2.45, 2.75) is 233 Å².